The van der Waals surface area contributed by atoms with E-state index in [9.17, 15) is 29.3 Å². The van der Waals surface area contributed by atoms with E-state index in [0.29, 0.717) is 11.3 Å². The van der Waals surface area contributed by atoms with E-state index in [1.165, 1.54) is 13.0 Å². The fourth-order valence-electron chi connectivity index (χ4n) is 3.53. The molecule has 0 aromatic heterocycles. The van der Waals surface area contributed by atoms with Gasteiger partial charge in [0.25, 0.3) is 0 Å². The second-order valence-electron chi connectivity index (χ2n) is 8.17. The van der Waals surface area contributed by atoms with E-state index < -0.39 is 47.9 Å². The summed E-state index contributed by atoms with van der Waals surface area (Å²) < 4.78 is 19.7. The molecule has 9 heteroatoms. The lowest BCUT2D eigenvalue weighted by molar-refractivity contribution is -0.130. The van der Waals surface area contributed by atoms with E-state index in [1.807, 2.05) is 0 Å². The van der Waals surface area contributed by atoms with E-state index in [1.54, 1.807) is 32.0 Å². The number of cyclic esters (lactones) is 1. The fraction of sp³-hybridized carbons (Fsp3) is 0.524. The van der Waals surface area contributed by atoms with Gasteiger partial charge in [-0.2, -0.15) is 0 Å². The Hall–Kier alpha value is -2.49. The molecule has 2 aliphatic heterocycles. The largest absolute Gasteiger partial charge is 0.507 e. The molecule has 3 rings (SSSR count). The Morgan fingerprint density at radius 2 is 1.87 bits per heavy atom. The number of fused-ring (bicyclic) bond motifs is 3. The molecule has 2 aliphatic rings. The minimum atomic E-state index is -1.90. The van der Waals surface area contributed by atoms with Crippen molar-refractivity contribution in [1.82, 2.24) is 5.32 Å². The Kier molecular flexibility index (Phi) is 6.16. The molecule has 0 amide bonds. The highest BCUT2D eigenvalue weighted by Crippen LogP contribution is 2.41. The smallest absolute Gasteiger partial charge is 0.342 e. The van der Waals surface area contributed by atoms with Gasteiger partial charge in [-0.05, 0) is 31.1 Å². The van der Waals surface area contributed by atoms with Crippen molar-refractivity contribution in [2.45, 2.75) is 50.7 Å². The molecule has 1 aromatic carbocycles. The van der Waals surface area contributed by atoms with E-state index in [0.717, 1.165) is 6.08 Å². The standard InChI is InChI=1S/C21H27FN2O6/c1-9-5-13(22)19(27)20(28)16(26)8-14-18(23-14)12-6-11(24(3)4)7-15(25)17(12)21(29)30-10(9)2/h5-7,9-10,14,16,18,20,23,25-26,28H,8H2,1-4H3/b13-5+/t9-,10+,14?,16?,18?,20+/m1/s1. The average molecular weight is 422 g/mol. The van der Waals surface area contributed by atoms with Crippen molar-refractivity contribution in [2.24, 2.45) is 5.92 Å². The first-order valence-corrected chi connectivity index (χ1v) is 9.80. The van der Waals surface area contributed by atoms with E-state index in [-0.39, 0.29) is 23.8 Å². The summed E-state index contributed by atoms with van der Waals surface area (Å²) in [6.45, 7) is 3.09. The van der Waals surface area contributed by atoms with Crippen molar-refractivity contribution >= 4 is 17.4 Å². The first-order chi connectivity index (χ1) is 14.0. The molecule has 0 radical (unpaired) electrons. The van der Waals surface area contributed by atoms with Crippen molar-refractivity contribution in [2.75, 3.05) is 19.0 Å². The van der Waals surface area contributed by atoms with Crippen molar-refractivity contribution in [3.05, 3.63) is 35.2 Å². The monoisotopic (exact) mass is 422 g/mol. The summed E-state index contributed by atoms with van der Waals surface area (Å²) in [7, 11) is 3.58. The molecule has 30 heavy (non-hydrogen) atoms. The summed E-state index contributed by atoms with van der Waals surface area (Å²) in [5, 5.41) is 33.9. The number of hydrogen-bond acceptors (Lipinski definition) is 8. The molecule has 0 aliphatic carbocycles. The number of nitrogens with zero attached hydrogens (tertiary/aromatic N) is 1. The van der Waals surface area contributed by atoms with Crippen molar-refractivity contribution in [1.29, 1.82) is 0 Å². The number of hydrogen-bond donors (Lipinski definition) is 4. The van der Waals surface area contributed by atoms with Gasteiger partial charge in [0.2, 0.25) is 5.78 Å². The minimum absolute atomic E-state index is 0.00715. The van der Waals surface area contributed by atoms with Crippen LogP contribution in [0.25, 0.3) is 0 Å². The number of aliphatic hydroxyl groups excluding tert-OH is 2. The first-order valence-electron chi connectivity index (χ1n) is 9.80. The zero-order valence-electron chi connectivity index (χ0n) is 17.3. The molecule has 2 heterocycles. The maximum atomic E-state index is 14.3. The molecular formula is C21H27FN2O6. The second-order valence-corrected chi connectivity index (χ2v) is 8.17. The number of ketones is 1. The maximum absolute atomic E-state index is 14.3. The SMILES string of the molecule is C[C@@H]1/C=C(/F)C(=O)[C@@H](O)C(O)CC2NC2c2cc(N(C)C)cc(O)c2C(=O)O[C@H]1C. The number of carbonyl (C=O) groups excluding carboxylic acids is 2. The third-order valence-corrected chi connectivity index (χ3v) is 5.68. The molecule has 1 aromatic rings. The van der Waals surface area contributed by atoms with Crippen LogP contribution in [0.1, 0.15) is 42.2 Å². The summed E-state index contributed by atoms with van der Waals surface area (Å²) in [4.78, 5) is 26.7. The van der Waals surface area contributed by atoms with Gasteiger partial charge < -0.3 is 30.3 Å². The number of Topliss-reactive ketones (excluding diaryl/α,β-unsaturated/α-hetero) is 1. The molecule has 0 bridgehead atoms. The highest BCUT2D eigenvalue weighted by molar-refractivity contribution is 5.97. The summed E-state index contributed by atoms with van der Waals surface area (Å²) >= 11 is 0. The number of ether oxygens (including phenoxy) is 1. The van der Waals surface area contributed by atoms with Crippen LogP contribution in [-0.2, 0) is 9.53 Å². The van der Waals surface area contributed by atoms with Crippen LogP contribution in [0.3, 0.4) is 0 Å². The number of benzene rings is 1. The Morgan fingerprint density at radius 3 is 2.50 bits per heavy atom. The van der Waals surface area contributed by atoms with Gasteiger partial charge in [-0.1, -0.05) is 6.92 Å². The average Bonchev–Trinajstić information content (AvgIpc) is 3.43. The molecule has 3 unspecified atom stereocenters. The zero-order valence-corrected chi connectivity index (χ0v) is 17.3. The molecule has 164 valence electrons. The predicted octanol–water partition coefficient (Wildman–Crippen LogP) is 1.20. The van der Waals surface area contributed by atoms with E-state index >= 15 is 0 Å². The number of nitrogens with one attached hydrogen (secondary N) is 1. The van der Waals surface area contributed by atoms with Crippen LogP contribution in [-0.4, -0.2) is 65.5 Å². The topological polar surface area (TPSA) is 129 Å². The number of halogens is 1. The van der Waals surface area contributed by atoms with Gasteiger partial charge in [-0.25, -0.2) is 9.18 Å². The van der Waals surface area contributed by atoms with Crippen molar-refractivity contribution in [3.8, 4) is 5.75 Å². The Labute approximate surface area is 173 Å². The third kappa shape index (κ3) is 4.33. The van der Waals surface area contributed by atoms with Gasteiger partial charge in [0, 0.05) is 43.9 Å². The van der Waals surface area contributed by atoms with Crippen molar-refractivity contribution in [3.63, 3.8) is 0 Å². The highest BCUT2D eigenvalue weighted by Gasteiger charge is 2.44. The van der Waals surface area contributed by atoms with Crippen LogP contribution in [0, 0.1) is 5.92 Å². The summed E-state index contributed by atoms with van der Waals surface area (Å²) in [6, 6.07) is 2.40. The molecule has 1 saturated heterocycles. The van der Waals surface area contributed by atoms with Crippen LogP contribution in [0.2, 0.25) is 0 Å². The van der Waals surface area contributed by atoms with Crippen LogP contribution in [0.4, 0.5) is 10.1 Å². The number of rotatable bonds is 1. The van der Waals surface area contributed by atoms with Gasteiger partial charge in [0.15, 0.2) is 5.83 Å². The molecule has 4 N–H and O–H groups in total. The fourth-order valence-corrected chi connectivity index (χ4v) is 3.53. The molecule has 8 nitrogen and oxygen atoms in total. The van der Waals surface area contributed by atoms with Crippen molar-refractivity contribution < 1.29 is 34.0 Å². The summed E-state index contributed by atoms with van der Waals surface area (Å²) in [5.41, 5.74) is 1.14. The van der Waals surface area contributed by atoms with Gasteiger partial charge >= 0.3 is 5.97 Å². The number of aliphatic hydroxyl groups is 2. The first kappa shape index (κ1) is 22.2. The van der Waals surface area contributed by atoms with E-state index in [4.69, 9.17) is 4.74 Å². The number of carbonyl (C=O) groups is 2. The quantitative estimate of drug-likeness (QED) is 0.393. The van der Waals surface area contributed by atoms with Gasteiger partial charge in [-0.15, -0.1) is 0 Å². The van der Waals surface area contributed by atoms with E-state index in [2.05, 4.69) is 5.32 Å². The second kappa shape index (κ2) is 8.33. The van der Waals surface area contributed by atoms with Gasteiger partial charge in [0.1, 0.15) is 23.5 Å². The number of phenolic OH excluding ortho intramolecular Hbond substituents is 1. The lowest BCUT2D eigenvalue weighted by atomic mass is 9.95. The van der Waals surface area contributed by atoms with Crippen LogP contribution >= 0.6 is 0 Å². The third-order valence-electron chi connectivity index (χ3n) is 5.68. The number of esters is 1. The van der Waals surface area contributed by atoms with Crippen LogP contribution in [0.15, 0.2) is 24.0 Å². The van der Waals surface area contributed by atoms with Gasteiger partial charge in [0.05, 0.1) is 6.10 Å². The molecule has 6 atom stereocenters. The minimum Gasteiger partial charge on any atom is -0.507 e. The van der Waals surface area contributed by atoms with Crippen LogP contribution < -0.4 is 10.2 Å². The lowest BCUT2D eigenvalue weighted by Crippen LogP contribution is -2.36. The summed E-state index contributed by atoms with van der Waals surface area (Å²) in [5.74, 6) is -4.12. The predicted molar refractivity (Wildman–Crippen MR) is 107 cm³/mol. The Morgan fingerprint density at radius 1 is 1.20 bits per heavy atom. The summed E-state index contributed by atoms with van der Waals surface area (Å²) in [6.07, 6.45) is -3.30. The van der Waals surface area contributed by atoms with Gasteiger partial charge in [-0.3, -0.25) is 4.79 Å². The number of anilines is 1. The highest BCUT2D eigenvalue weighted by atomic mass is 19.1. The molecule has 0 spiro atoms. The Balaban J connectivity index is 2.06. The maximum Gasteiger partial charge on any atom is 0.342 e. The van der Waals surface area contributed by atoms with Crippen LogP contribution in [0.5, 0.6) is 5.75 Å². The number of phenols is 1. The Bertz CT molecular complexity index is 886. The molecule has 0 saturated carbocycles. The normalized spacial score (nSPS) is 34.0. The molecule has 1 fully saturated rings. The molecular weight excluding hydrogens is 395 g/mol. The lowest BCUT2D eigenvalue weighted by Gasteiger charge is -2.22. The number of aromatic hydroxyl groups is 1. The zero-order chi connectivity index (χ0) is 22.3.